The number of hydrogen-bond acceptors (Lipinski definition) is 7. The van der Waals surface area contributed by atoms with Crippen LogP contribution in [0.25, 0.3) is 11.1 Å². The standard InChI is InChI=1S/C24H28FN5O3/c1-2-21-28-23(33-29-21)16-32-24(31)26-12-9-17-10-13-30(14-11-17)22-8-5-19(15-27-22)18-3-6-20(25)7-4-18/h3-8,15,17H,2,9-14,16H2,1H3,(H,26,31). The van der Waals surface area contributed by atoms with Crippen LogP contribution in [0.1, 0.15) is 37.9 Å². The lowest BCUT2D eigenvalue weighted by molar-refractivity contribution is 0.125. The van der Waals surface area contributed by atoms with Crippen LogP contribution in [0.4, 0.5) is 15.0 Å². The molecule has 0 radical (unpaired) electrons. The first-order chi connectivity index (χ1) is 16.1. The van der Waals surface area contributed by atoms with Crippen molar-refractivity contribution in [1.29, 1.82) is 0 Å². The Kier molecular flexibility index (Phi) is 7.49. The molecule has 33 heavy (non-hydrogen) atoms. The Hall–Kier alpha value is -3.49. The summed E-state index contributed by atoms with van der Waals surface area (Å²) in [6, 6.07) is 10.5. The van der Waals surface area contributed by atoms with Gasteiger partial charge in [-0.2, -0.15) is 4.98 Å². The van der Waals surface area contributed by atoms with Crippen molar-refractivity contribution in [2.75, 3.05) is 24.5 Å². The number of aryl methyl sites for hydroxylation is 1. The second-order valence-electron chi connectivity index (χ2n) is 8.09. The van der Waals surface area contributed by atoms with E-state index >= 15 is 0 Å². The molecule has 4 rings (SSSR count). The first kappa shape index (κ1) is 22.7. The van der Waals surface area contributed by atoms with Crippen LogP contribution < -0.4 is 10.2 Å². The summed E-state index contributed by atoms with van der Waals surface area (Å²) in [5.41, 5.74) is 1.92. The van der Waals surface area contributed by atoms with Gasteiger partial charge in [-0.1, -0.05) is 24.2 Å². The predicted octanol–water partition coefficient (Wildman–Crippen LogP) is 4.37. The number of alkyl carbamates (subject to hydrolysis) is 1. The Morgan fingerprint density at radius 2 is 1.94 bits per heavy atom. The molecule has 2 aromatic heterocycles. The van der Waals surface area contributed by atoms with Gasteiger partial charge >= 0.3 is 6.09 Å². The third-order valence-electron chi connectivity index (χ3n) is 5.84. The van der Waals surface area contributed by atoms with Crippen LogP contribution in [0.2, 0.25) is 0 Å². The van der Waals surface area contributed by atoms with Gasteiger partial charge < -0.3 is 19.5 Å². The van der Waals surface area contributed by atoms with Gasteiger partial charge in [-0.15, -0.1) is 0 Å². The number of carbonyl (C=O) groups excluding carboxylic acids is 1. The van der Waals surface area contributed by atoms with E-state index in [1.165, 1.54) is 12.1 Å². The molecule has 0 bridgehead atoms. The molecule has 1 saturated heterocycles. The number of amides is 1. The lowest BCUT2D eigenvalue weighted by Crippen LogP contribution is -2.35. The van der Waals surface area contributed by atoms with Crippen molar-refractivity contribution in [3.8, 4) is 11.1 Å². The van der Waals surface area contributed by atoms with Crippen molar-refractivity contribution in [3.05, 3.63) is 60.1 Å². The number of ether oxygens (including phenoxy) is 1. The van der Waals surface area contributed by atoms with Crippen LogP contribution in [0.5, 0.6) is 0 Å². The van der Waals surface area contributed by atoms with Crippen LogP contribution in [0.15, 0.2) is 47.1 Å². The lowest BCUT2D eigenvalue weighted by Gasteiger charge is -2.32. The topological polar surface area (TPSA) is 93.4 Å². The van der Waals surface area contributed by atoms with Gasteiger partial charge in [0.05, 0.1) is 0 Å². The highest BCUT2D eigenvalue weighted by atomic mass is 19.1. The average Bonchev–Trinajstić information content (AvgIpc) is 3.32. The van der Waals surface area contributed by atoms with Crippen LogP contribution in [0, 0.1) is 11.7 Å². The minimum Gasteiger partial charge on any atom is -0.439 e. The number of piperidine rings is 1. The Labute approximate surface area is 192 Å². The van der Waals surface area contributed by atoms with Gasteiger partial charge in [0.1, 0.15) is 11.6 Å². The summed E-state index contributed by atoms with van der Waals surface area (Å²) in [5.74, 6) is 2.15. The third kappa shape index (κ3) is 6.27. The van der Waals surface area contributed by atoms with Crippen molar-refractivity contribution in [1.82, 2.24) is 20.4 Å². The lowest BCUT2D eigenvalue weighted by atomic mass is 9.93. The van der Waals surface area contributed by atoms with E-state index in [4.69, 9.17) is 9.26 Å². The molecule has 0 spiro atoms. The maximum atomic E-state index is 13.1. The fourth-order valence-corrected chi connectivity index (χ4v) is 3.89. The van der Waals surface area contributed by atoms with Crippen molar-refractivity contribution in [2.45, 2.75) is 39.2 Å². The first-order valence-electron chi connectivity index (χ1n) is 11.3. The zero-order chi connectivity index (χ0) is 23.0. The smallest absolute Gasteiger partial charge is 0.407 e. The van der Waals surface area contributed by atoms with E-state index in [9.17, 15) is 9.18 Å². The molecule has 1 aliphatic heterocycles. The first-order valence-corrected chi connectivity index (χ1v) is 11.3. The van der Waals surface area contributed by atoms with E-state index in [2.05, 4.69) is 25.3 Å². The Morgan fingerprint density at radius 3 is 2.61 bits per heavy atom. The molecule has 3 aromatic rings. The highest BCUT2D eigenvalue weighted by molar-refractivity contribution is 5.67. The highest BCUT2D eigenvalue weighted by Crippen LogP contribution is 2.26. The Bertz CT molecular complexity index is 1030. The fourth-order valence-electron chi connectivity index (χ4n) is 3.89. The van der Waals surface area contributed by atoms with Crippen molar-refractivity contribution in [3.63, 3.8) is 0 Å². The van der Waals surface area contributed by atoms with Crippen LogP contribution in [-0.4, -0.2) is 40.9 Å². The Morgan fingerprint density at radius 1 is 1.18 bits per heavy atom. The monoisotopic (exact) mass is 453 g/mol. The highest BCUT2D eigenvalue weighted by Gasteiger charge is 2.20. The normalized spacial score (nSPS) is 14.3. The molecule has 3 heterocycles. The van der Waals surface area contributed by atoms with Crippen molar-refractivity contribution in [2.24, 2.45) is 5.92 Å². The zero-order valence-electron chi connectivity index (χ0n) is 18.7. The number of nitrogens with zero attached hydrogens (tertiary/aromatic N) is 4. The van der Waals surface area contributed by atoms with Gasteiger partial charge in [-0.25, -0.2) is 14.2 Å². The molecule has 0 aliphatic carbocycles. The third-order valence-corrected chi connectivity index (χ3v) is 5.84. The summed E-state index contributed by atoms with van der Waals surface area (Å²) < 4.78 is 23.2. The number of rotatable bonds is 8. The molecule has 9 heteroatoms. The quantitative estimate of drug-likeness (QED) is 0.541. The van der Waals surface area contributed by atoms with Crippen LogP contribution in [-0.2, 0) is 17.8 Å². The largest absolute Gasteiger partial charge is 0.439 e. The van der Waals surface area contributed by atoms with E-state index in [-0.39, 0.29) is 12.4 Å². The number of anilines is 1. The van der Waals surface area contributed by atoms with Gasteiger partial charge in [0.2, 0.25) is 0 Å². The minimum absolute atomic E-state index is 0.0236. The van der Waals surface area contributed by atoms with E-state index in [1.807, 2.05) is 25.3 Å². The van der Waals surface area contributed by atoms with E-state index in [0.29, 0.717) is 30.6 Å². The van der Waals surface area contributed by atoms with E-state index < -0.39 is 6.09 Å². The SMILES string of the molecule is CCc1noc(COC(=O)NCCC2CCN(c3ccc(-c4ccc(F)cc4)cn3)CC2)n1. The summed E-state index contributed by atoms with van der Waals surface area (Å²) in [6.07, 6.45) is 5.02. The molecular weight excluding hydrogens is 425 g/mol. The molecule has 1 amide bonds. The number of hydrogen-bond donors (Lipinski definition) is 1. The zero-order valence-corrected chi connectivity index (χ0v) is 18.7. The molecule has 1 N–H and O–H groups in total. The summed E-state index contributed by atoms with van der Waals surface area (Å²) >= 11 is 0. The summed E-state index contributed by atoms with van der Waals surface area (Å²) in [4.78, 5) is 22.8. The average molecular weight is 454 g/mol. The fraction of sp³-hybridized carbons (Fsp3) is 0.417. The van der Waals surface area contributed by atoms with Gasteiger partial charge in [-0.3, -0.25) is 0 Å². The maximum Gasteiger partial charge on any atom is 0.407 e. The molecule has 0 unspecified atom stereocenters. The molecular formula is C24H28FN5O3. The van der Waals surface area contributed by atoms with E-state index in [0.717, 1.165) is 49.3 Å². The van der Waals surface area contributed by atoms with Crippen LogP contribution in [0.3, 0.4) is 0 Å². The second-order valence-corrected chi connectivity index (χ2v) is 8.09. The number of halogens is 1. The molecule has 0 atom stereocenters. The van der Waals surface area contributed by atoms with Crippen molar-refractivity contribution >= 4 is 11.9 Å². The number of benzene rings is 1. The second kappa shape index (κ2) is 10.9. The van der Waals surface area contributed by atoms with Crippen LogP contribution >= 0.6 is 0 Å². The number of aromatic nitrogens is 3. The van der Waals surface area contributed by atoms with Gasteiger partial charge in [-0.05, 0) is 55.0 Å². The number of nitrogens with one attached hydrogen (secondary N) is 1. The molecule has 1 fully saturated rings. The number of carbonyl (C=O) groups is 1. The van der Waals surface area contributed by atoms with Gasteiger partial charge in [0.25, 0.3) is 5.89 Å². The molecule has 174 valence electrons. The summed E-state index contributed by atoms with van der Waals surface area (Å²) in [6.45, 7) is 4.32. The maximum absolute atomic E-state index is 13.1. The van der Waals surface area contributed by atoms with E-state index in [1.54, 1.807) is 12.1 Å². The van der Waals surface area contributed by atoms with Crippen molar-refractivity contribution < 1.29 is 18.4 Å². The van der Waals surface area contributed by atoms with Gasteiger partial charge in [0.15, 0.2) is 12.4 Å². The summed E-state index contributed by atoms with van der Waals surface area (Å²) in [5, 5.41) is 6.55. The predicted molar refractivity (Wildman–Crippen MR) is 121 cm³/mol. The Balaban J connectivity index is 1.15. The number of pyridine rings is 1. The minimum atomic E-state index is -0.478. The van der Waals surface area contributed by atoms with Gasteiger partial charge in [0, 0.05) is 37.8 Å². The summed E-state index contributed by atoms with van der Waals surface area (Å²) in [7, 11) is 0. The molecule has 8 nitrogen and oxygen atoms in total. The molecule has 1 aromatic carbocycles. The molecule has 1 aliphatic rings. The molecule has 0 saturated carbocycles.